The number of fused-ring (bicyclic) bond motifs is 2. The number of Topliss-reactive ketones (excluding diaryl/α,β-unsaturated/α-hetero) is 1. The Balaban J connectivity index is 2.38. The van der Waals surface area contributed by atoms with Gasteiger partial charge in [-0.3, -0.25) is 14.4 Å². The van der Waals surface area contributed by atoms with Crippen molar-refractivity contribution in [2.24, 2.45) is 22.7 Å². The van der Waals surface area contributed by atoms with E-state index in [1.165, 1.54) is 6.08 Å². The molecule has 0 heterocycles. The Hall–Kier alpha value is -1.65. The van der Waals surface area contributed by atoms with Crippen molar-refractivity contribution in [2.75, 3.05) is 0 Å². The van der Waals surface area contributed by atoms with E-state index in [4.69, 9.17) is 10.2 Å². The largest absolute Gasteiger partial charge is 0.481 e. The van der Waals surface area contributed by atoms with Crippen molar-refractivity contribution in [3.05, 3.63) is 11.6 Å². The first-order valence-corrected chi connectivity index (χ1v) is 6.82. The summed E-state index contributed by atoms with van der Waals surface area (Å²) in [6.07, 6.45) is 2.57. The fourth-order valence-electron chi connectivity index (χ4n) is 3.74. The van der Waals surface area contributed by atoms with E-state index in [2.05, 4.69) is 0 Å². The van der Waals surface area contributed by atoms with Crippen LogP contribution in [0.15, 0.2) is 11.6 Å². The molecule has 2 N–H and O–H groups in total. The van der Waals surface area contributed by atoms with Crippen molar-refractivity contribution in [1.82, 2.24) is 0 Å². The average molecular weight is 280 g/mol. The quantitative estimate of drug-likeness (QED) is 0.769. The standard InChI is InChI=1S/C15H20O5/c1-14(2)10-4-5-15(14,3)12(18)9(10)6-8(13(19)20)7-11(16)17/h6,8,10H,4-5,7H2,1-3H3,(H,16,17)(H,19,20)/b9-6+/t8-,10+,15-/m0/s1. The van der Waals surface area contributed by atoms with Crippen molar-refractivity contribution in [3.63, 3.8) is 0 Å². The summed E-state index contributed by atoms with van der Waals surface area (Å²) in [5.74, 6) is -3.47. The van der Waals surface area contributed by atoms with Gasteiger partial charge in [-0.15, -0.1) is 0 Å². The van der Waals surface area contributed by atoms with Crippen LogP contribution >= 0.6 is 0 Å². The van der Waals surface area contributed by atoms with Gasteiger partial charge in [0.05, 0.1) is 12.3 Å². The van der Waals surface area contributed by atoms with Crippen LogP contribution in [0, 0.1) is 22.7 Å². The molecule has 2 rings (SSSR count). The number of rotatable bonds is 4. The highest BCUT2D eigenvalue weighted by atomic mass is 16.4. The third kappa shape index (κ3) is 1.87. The molecule has 0 unspecified atom stereocenters. The first-order chi connectivity index (χ1) is 9.11. The summed E-state index contributed by atoms with van der Waals surface area (Å²) in [6, 6.07) is 0. The predicted octanol–water partition coefficient (Wildman–Crippen LogP) is 2.11. The highest BCUT2D eigenvalue weighted by Crippen LogP contribution is 2.65. The van der Waals surface area contributed by atoms with E-state index in [1.54, 1.807) is 0 Å². The zero-order valence-electron chi connectivity index (χ0n) is 12.0. The molecule has 2 bridgehead atoms. The molecule has 0 amide bonds. The number of allylic oxidation sites excluding steroid dienone is 1. The van der Waals surface area contributed by atoms with Gasteiger partial charge in [-0.1, -0.05) is 26.8 Å². The Morgan fingerprint density at radius 1 is 1.35 bits per heavy atom. The van der Waals surface area contributed by atoms with Crippen LogP contribution in [-0.4, -0.2) is 27.9 Å². The molecule has 110 valence electrons. The van der Waals surface area contributed by atoms with Gasteiger partial charge >= 0.3 is 11.9 Å². The molecule has 0 aromatic carbocycles. The van der Waals surface area contributed by atoms with Crippen LogP contribution in [0.3, 0.4) is 0 Å². The minimum absolute atomic E-state index is 0.00427. The van der Waals surface area contributed by atoms with Crippen LogP contribution in [0.25, 0.3) is 0 Å². The summed E-state index contributed by atoms with van der Waals surface area (Å²) >= 11 is 0. The number of carboxylic acids is 2. The molecule has 3 atom stereocenters. The molecule has 0 aromatic heterocycles. The van der Waals surface area contributed by atoms with Gasteiger partial charge in [0, 0.05) is 5.41 Å². The number of carbonyl (C=O) groups excluding carboxylic acids is 1. The molecular formula is C15H20O5. The first kappa shape index (κ1) is 14.8. The molecule has 2 aliphatic rings. The minimum atomic E-state index is -1.20. The lowest BCUT2D eigenvalue weighted by atomic mass is 9.70. The molecule has 0 saturated heterocycles. The van der Waals surface area contributed by atoms with E-state index in [0.717, 1.165) is 12.8 Å². The van der Waals surface area contributed by atoms with Gasteiger partial charge in [0.15, 0.2) is 5.78 Å². The van der Waals surface area contributed by atoms with Gasteiger partial charge in [0.1, 0.15) is 0 Å². The summed E-state index contributed by atoms with van der Waals surface area (Å²) < 4.78 is 0. The van der Waals surface area contributed by atoms with Crippen molar-refractivity contribution in [2.45, 2.75) is 40.0 Å². The lowest BCUT2D eigenvalue weighted by Crippen LogP contribution is -2.32. The first-order valence-electron chi connectivity index (χ1n) is 6.82. The SMILES string of the molecule is CC1(C)[C@@H]2CC[C@@]1(C)C(=O)/C2=C/[C@@H](CC(=O)O)C(=O)O. The van der Waals surface area contributed by atoms with E-state index in [0.29, 0.717) is 5.57 Å². The lowest BCUT2D eigenvalue weighted by molar-refractivity contribution is -0.146. The monoisotopic (exact) mass is 280 g/mol. The Morgan fingerprint density at radius 2 is 1.95 bits per heavy atom. The zero-order valence-corrected chi connectivity index (χ0v) is 12.0. The van der Waals surface area contributed by atoms with E-state index in [9.17, 15) is 14.4 Å². The number of ketones is 1. The van der Waals surface area contributed by atoms with Gasteiger partial charge in [-0.05, 0) is 29.7 Å². The average Bonchev–Trinajstić information content (AvgIpc) is 2.62. The van der Waals surface area contributed by atoms with Gasteiger partial charge in [-0.25, -0.2) is 0 Å². The van der Waals surface area contributed by atoms with Crippen LogP contribution in [0.1, 0.15) is 40.0 Å². The number of carboxylic acid groups (broad SMARTS) is 2. The summed E-state index contributed by atoms with van der Waals surface area (Å²) in [5, 5.41) is 17.9. The second kappa shape index (κ2) is 4.43. The Kier molecular flexibility index (Phi) is 3.27. The van der Waals surface area contributed by atoms with Crippen molar-refractivity contribution in [3.8, 4) is 0 Å². The van der Waals surface area contributed by atoms with Gasteiger partial charge in [-0.2, -0.15) is 0 Å². The molecule has 0 aromatic rings. The summed E-state index contributed by atoms with van der Waals surface area (Å²) in [6.45, 7) is 6.01. The second-order valence-electron chi connectivity index (χ2n) is 6.64. The van der Waals surface area contributed by atoms with Crippen molar-refractivity contribution >= 4 is 17.7 Å². The van der Waals surface area contributed by atoms with Crippen LogP contribution in [0.4, 0.5) is 0 Å². The summed E-state index contributed by atoms with van der Waals surface area (Å²) in [5.41, 5.74) is -0.116. The van der Waals surface area contributed by atoms with Crippen LogP contribution in [-0.2, 0) is 14.4 Å². The molecule has 0 radical (unpaired) electrons. The maximum absolute atomic E-state index is 12.5. The summed E-state index contributed by atoms with van der Waals surface area (Å²) in [4.78, 5) is 34.4. The van der Waals surface area contributed by atoms with E-state index >= 15 is 0 Å². The summed E-state index contributed by atoms with van der Waals surface area (Å²) in [7, 11) is 0. The number of carbonyl (C=O) groups is 3. The molecule has 0 spiro atoms. The smallest absolute Gasteiger partial charge is 0.310 e. The predicted molar refractivity (Wildman–Crippen MR) is 71.1 cm³/mol. The van der Waals surface area contributed by atoms with Crippen molar-refractivity contribution in [1.29, 1.82) is 0 Å². The molecule has 5 nitrogen and oxygen atoms in total. The molecule has 0 aliphatic heterocycles. The van der Waals surface area contributed by atoms with Gasteiger partial charge in [0.25, 0.3) is 0 Å². The lowest BCUT2D eigenvalue weighted by Gasteiger charge is -2.31. The Morgan fingerprint density at radius 3 is 2.35 bits per heavy atom. The van der Waals surface area contributed by atoms with Gasteiger partial charge in [0.2, 0.25) is 0 Å². The molecular weight excluding hydrogens is 260 g/mol. The minimum Gasteiger partial charge on any atom is -0.481 e. The molecule has 20 heavy (non-hydrogen) atoms. The van der Waals surface area contributed by atoms with Crippen LogP contribution in [0.5, 0.6) is 0 Å². The number of hydrogen-bond acceptors (Lipinski definition) is 3. The maximum Gasteiger partial charge on any atom is 0.310 e. The van der Waals surface area contributed by atoms with Gasteiger partial charge < -0.3 is 10.2 Å². The number of hydrogen-bond donors (Lipinski definition) is 2. The van der Waals surface area contributed by atoms with E-state index < -0.39 is 29.7 Å². The van der Waals surface area contributed by atoms with Crippen LogP contribution < -0.4 is 0 Å². The maximum atomic E-state index is 12.5. The fourth-order valence-corrected chi connectivity index (χ4v) is 3.74. The van der Waals surface area contributed by atoms with E-state index in [1.807, 2.05) is 20.8 Å². The third-order valence-electron chi connectivity index (χ3n) is 5.46. The number of aliphatic carboxylic acids is 2. The van der Waals surface area contributed by atoms with Crippen LogP contribution in [0.2, 0.25) is 0 Å². The molecule has 5 heteroatoms. The Labute approximate surface area is 117 Å². The zero-order chi connectivity index (χ0) is 15.3. The molecule has 2 fully saturated rings. The van der Waals surface area contributed by atoms with Crippen molar-refractivity contribution < 1.29 is 24.6 Å². The normalized spacial score (nSPS) is 34.5. The fraction of sp³-hybridized carbons (Fsp3) is 0.667. The van der Waals surface area contributed by atoms with E-state index in [-0.39, 0.29) is 17.1 Å². The highest BCUT2D eigenvalue weighted by Gasteiger charge is 2.63. The third-order valence-corrected chi connectivity index (χ3v) is 5.46. The topological polar surface area (TPSA) is 91.7 Å². The highest BCUT2D eigenvalue weighted by molar-refractivity contribution is 6.05. The second-order valence-corrected chi connectivity index (χ2v) is 6.64. The molecule has 2 aliphatic carbocycles. The Bertz CT molecular complexity index is 516. The molecule has 2 saturated carbocycles.